The largest absolute Gasteiger partial charge is 0.489 e. The lowest BCUT2D eigenvalue weighted by Crippen LogP contribution is -2.13. The molecule has 4 heteroatoms. The lowest BCUT2D eigenvalue weighted by Gasteiger charge is -2.21. The van der Waals surface area contributed by atoms with Crippen LogP contribution in [0.4, 0.5) is 0 Å². The van der Waals surface area contributed by atoms with Gasteiger partial charge in [0.2, 0.25) is 0 Å². The Kier molecular flexibility index (Phi) is 2.91. The van der Waals surface area contributed by atoms with Gasteiger partial charge in [-0.05, 0) is 17.4 Å². The van der Waals surface area contributed by atoms with Crippen molar-refractivity contribution >= 4 is 23.2 Å². The summed E-state index contributed by atoms with van der Waals surface area (Å²) in [7, 11) is 0. The molecule has 18 heavy (non-hydrogen) atoms. The second-order valence-corrected chi connectivity index (χ2v) is 6.51. The Morgan fingerprint density at radius 3 is 2.78 bits per heavy atom. The van der Waals surface area contributed by atoms with Crippen LogP contribution in [-0.2, 0) is 5.41 Å². The highest BCUT2D eigenvalue weighted by Gasteiger charge is 2.41. The van der Waals surface area contributed by atoms with Crippen LogP contribution in [0.5, 0.6) is 11.5 Å². The normalized spacial score (nSPS) is 24.6. The van der Waals surface area contributed by atoms with Gasteiger partial charge in [0.05, 0.1) is 18.6 Å². The van der Waals surface area contributed by atoms with Crippen molar-refractivity contribution in [3.05, 3.63) is 22.2 Å². The van der Waals surface area contributed by atoms with E-state index in [0.29, 0.717) is 13.2 Å². The summed E-state index contributed by atoms with van der Waals surface area (Å²) >= 11 is 12.9. The molecule has 1 atom stereocenters. The molecule has 1 aliphatic carbocycles. The summed E-state index contributed by atoms with van der Waals surface area (Å²) in [6.07, 6.45) is 1.76. The minimum Gasteiger partial charge on any atom is -0.489 e. The Labute approximate surface area is 117 Å². The highest BCUT2D eigenvalue weighted by molar-refractivity contribution is 6.32. The Balaban J connectivity index is 2.25. The number of hydrogen-bond donors (Lipinski definition) is 0. The fourth-order valence-corrected chi connectivity index (χ4v) is 3.99. The summed E-state index contributed by atoms with van der Waals surface area (Å²) in [5, 5.41) is 0.687. The van der Waals surface area contributed by atoms with Crippen molar-refractivity contribution < 1.29 is 9.47 Å². The van der Waals surface area contributed by atoms with Gasteiger partial charge in [0.15, 0.2) is 11.5 Å². The van der Waals surface area contributed by atoms with E-state index in [4.69, 9.17) is 32.7 Å². The SMILES string of the molecule is CC1(C)CC(Cl)c2c3c(cc(Cl)c21)OCCCO3. The van der Waals surface area contributed by atoms with Gasteiger partial charge in [-0.25, -0.2) is 0 Å². The summed E-state index contributed by atoms with van der Waals surface area (Å²) < 4.78 is 11.5. The molecule has 1 aromatic rings. The third-order valence-corrected chi connectivity index (χ3v) is 4.38. The first kappa shape index (κ1) is 12.4. The predicted molar refractivity (Wildman–Crippen MR) is 73.3 cm³/mol. The molecule has 0 bridgehead atoms. The monoisotopic (exact) mass is 286 g/mol. The minimum absolute atomic E-state index is 0.0104. The van der Waals surface area contributed by atoms with Crippen LogP contribution in [0.15, 0.2) is 6.07 Å². The molecule has 0 spiro atoms. The fraction of sp³-hybridized carbons (Fsp3) is 0.571. The zero-order chi connectivity index (χ0) is 12.9. The quantitative estimate of drug-likeness (QED) is 0.656. The van der Waals surface area contributed by atoms with E-state index in [1.165, 1.54) is 0 Å². The standard InChI is InChI=1S/C14H16Cl2O2/c1-14(2)7-9(16)11-12(14)8(15)6-10-13(11)18-5-3-4-17-10/h6,9H,3-5,7H2,1-2H3. The Morgan fingerprint density at radius 1 is 1.28 bits per heavy atom. The van der Waals surface area contributed by atoms with Crippen LogP contribution < -0.4 is 9.47 Å². The molecule has 98 valence electrons. The van der Waals surface area contributed by atoms with Crippen LogP contribution >= 0.6 is 23.2 Å². The minimum atomic E-state index is -0.0517. The van der Waals surface area contributed by atoms with E-state index in [0.717, 1.165) is 40.5 Å². The number of ether oxygens (including phenoxy) is 2. The molecule has 1 aromatic carbocycles. The number of rotatable bonds is 0. The highest BCUT2D eigenvalue weighted by atomic mass is 35.5. The molecule has 0 radical (unpaired) electrons. The second kappa shape index (κ2) is 4.21. The van der Waals surface area contributed by atoms with E-state index in [-0.39, 0.29) is 10.8 Å². The van der Waals surface area contributed by atoms with Crippen LogP contribution in [0.1, 0.15) is 43.2 Å². The molecule has 0 saturated heterocycles. The maximum absolute atomic E-state index is 6.50. The number of hydrogen-bond acceptors (Lipinski definition) is 2. The topological polar surface area (TPSA) is 18.5 Å². The maximum atomic E-state index is 6.50. The zero-order valence-electron chi connectivity index (χ0n) is 10.6. The number of benzene rings is 1. The van der Waals surface area contributed by atoms with Crippen molar-refractivity contribution in [3.8, 4) is 11.5 Å². The maximum Gasteiger partial charge on any atom is 0.166 e. The van der Waals surface area contributed by atoms with Crippen LogP contribution in [0, 0.1) is 0 Å². The van der Waals surface area contributed by atoms with E-state index in [9.17, 15) is 0 Å². The molecule has 0 aromatic heterocycles. The van der Waals surface area contributed by atoms with E-state index in [1.807, 2.05) is 6.07 Å². The summed E-state index contributed by atoms with van der Waals surface area (Å²) in [5.41, 5.74) is 2.14. The van der Waals surface area contributed by atoms with Crippen LogP contribution in [-0.4, -0.2) is 13.2 Å². The first-order chi connectivity index (χ1) is 8.50. The third kappa shape index (κ3) is 1.78. The smallest absolute Gasteiger partial charge is 0.166 e. The third-order valence-electron chi connectivity index (χ3n) is 3.71. The molecule has 0 amide bonds. The molecule has 1 aliphatic heterocycles. The molecule has 0 fully saturated rings. The van der Waals surface area contributed by atoms with Gasteiger partial charge in [0.25, 0.3) is 0 Å². The van der Waals surface area contributed by atoms with Crippen molar-refractivity contribution in [2.45, 2.75) is 37.5 Å². The molecule has 1 heterocycles. The van der Waals surface area contributed by atoms with E-state index in [1.54, 1.807) is 0 Å². The molecule has 3 rings (SSSR count). The summed E-state index contributed by atoms with van der Waals surface area (Å²) in [6, 6.07) is 1.87. The fourth-order valence-electron chi connectivity index (χ4n) is 2.94. The average Bonchev–Trinajstić information content (AvgIpc) is 2.46. The Morgan fingerprint density at radius 2 is 2.00 bits per heavy atom. The molecule has 2 nitrogen and oxygen atoms in total. The molecular weight excluding hydrogens is 271 g/mol. The van der Waals surface area contributed by atoms with Gasteiger partial charge in [-0.15, -0.1) is 11.6 Å². The molecule has 0 saturated carbocycles. The van der Waals surface area contributed by atoms with Crippen LogP contribution in [0.2, 0.25) is 5.02 Å². The average molecular weight is 287 g/mol. The molecule has 2 aliphatic rings. The first-order valence-corrected chi connectivity index (χ1v) is 7.09. The van der Waals surface area contributed by atoms with Crippen molar-refractivity contribution in [2.24, 2.45) is 0 Å². The lowest BCUT2D eigenvalue weighted by atomic mass is 9.86. The lowest BCUT2D eigenvalue weighted by molar-refractivity contribution is 0.296. The van der Waals surface area contributed by atoms with E-state index < -0.39 is 0 Å². The van der Waals surface area contributed by atoms with Gasteiger partial charge >= 0.3 is 0 Å². The highest BCUT2D eigenvalue weighted by Crippen LogP contribution is 2.56. The van der Waals surface area contributed by atoms with Gasteiger partial charge in [0.1, 0.15) is 0 Å². The van der Waals surface area contributed by atoms with Crippen molar-refractivity contribution in [3.63, 3.8) is 0 Å². The Hall–Kier alpha value is -0.600. The number of halogens is 2. The number of fused-ring (bicyclic) bond motifs is 3. The van der Waals surface area contributed by atoms with Gasteiger partial charge in [0, 0.05) is 23.1 Å². The molecule has 0 N–H and O–H groups in total. The summed E-state index contributed by atoms with van der Waals surface area (Å²) in [5.74, 6) is 1.54. The summed E-state index contributed by atoms with van der Waals surface area (Å²) in [6.45, 7) is 5.68. The summed E-state index contributed by atoms with van der Waals surface area (Å²) in [4.78, 5) is 0. The number of alkyl halides is 1. The predicted octanol–water partition coefficient (Wildman–Crippen LogP) is 4.46. The van der Waals surface area contributed by atoms with Gasteiger partial charge < -0.3 is 9.47 Å². The Bertz CT molecular complexity index is 497. The van der Waals surface area contributed by atoms with Gasteiger partial charge in [-0.1, -0.05) is 25.4 Å². The molecule has 1 unspecified atom stereocenters. The second-order valence-electron chi connectivity index (χ2n) is 5.58. The van der Waals surface area contributed by atoms with E-state index in [2.05, 4.69) is 13.8 Å². The van der Waals surface area contributed by atoms with Gasteiger partial charge in [-0.3, -0.25) is 0 Å². The van der Waals surface area contributed by atoms with Crippen molar-refractivity contribution in [2.75, 3.05) is 13.2 Å². The first-order valence-electron chi connectivity index (χ1n) is 6.27. The van der Waals surface area contributed by atoms with E-state index >= 15 is 0 Å². The van der Waals surface area contributed by atoms with Crippen LogP contribution in [0.25, 0.3) is 0 Å². The van der Waals surface area contributed by atoms with Crippen molar-refractivity contribution in [1.82, 2.24) is 0 Å². The van der Waals surface area contributed by atoms with Crippen molar-refractivity contribution in [1.29, 1.82) is 0 Å². The molecular formula is C14H16Cl2O2. The van der Waals surface area contributed by atoms with Gasteiger partial charge in [-0.2, -0.15) is 0 Å². The zero-order valence-corrected chi connectivity index (χ0v) is 12.1. The van der Waals surface area contributed by atoms with Crippen LogP contribution in [0.3, 0.4) is 0 Å².